The molecule has 4 aromatic rings. The van der Waals surface area contributed by atoms with E-state index in [0.29, 0.717) is 11.1 Å². The molecule has 1 aliphatic rings. The Hall–Kier alpha value is -4.26. The van der Waals surface area contributed by atoms with E-state index in [9.17, 15) is 17.6 Å². The number of H-pyrrole nitrogens is 1. The van der Waals surface area contributed by atoms with Gasteiger partial charge in [0.05, 0.1) is 31.2 Å². The zero-order valence-corrected chi connectivity index (χ0v) is 20.8. The van der Waals surface area contributed by atoms with Crippen LogP contribution < -0.4 is 9.47 Å². The van der Waals surface area contributed by atoms with Crippen molar-refractivity contribution in [2.75, 3.05) is 26.9 Å². The van der Waals surface area contributed by atoms with Gasteiger partial charge in [0, 0.05) is 24.4 Å². The van der Waals surface area contributed by atoms with Gasteiger partial charge in [0.25, 0.3) is 0 Å². The van der Waals surface area contributed by atoms with Gasteiger partial charge in [-0.3, -0.25) is 4.99 Å². The van der Waals surface area contributed by atoms with E-state index in [0.717, 1.165) is 25.3 Å². The van der Waals surface area contributed by atoms with Crippen LogP contribution in [0.5, 0.6) is 17.2 Å². The van der Waals surface area contributed by atoms with E-state index in [-0.39, 0.29) is 41.2 Å². The number of hydrogen-bond donors (Lipinski definition) is 2. The molecule has 0 spiro atoms. The summed E-state index contributed by atoms with van der Waals surface area (Å²) in [4.78, 5) is 10.9. The minimum absolute atomic E-state index is 0.00561. The van der Waals surface area contributed by atoms with Gasteiger partial charge in [0.2, 0.25) is 0 Å². The van der Waals surface area contributed by atoms with Crippen molar-refractivity contribution in [1.29, 1.82) is 0 Å². The number of rotatable bonds is 7. The SMILES string of the molecule is COc1cc(-c2c[nH]c3nccc(Oc4c(F)cc(CC5=NCC(F)(CO)CO5)cc4F)c23)ccc1C(F)(F)F. The predicted octanol–water partition coefficient (Wildman–Crippen LogP) is 6.00. The number of benzene rings is 2. The van der Waals surface area contributed by atoms with Gasteiger partial charge in [-0.2, -0.15) is 13.2 Å². The van der Waals surface area contributed by atoms with Crippen LogP contribution in [0.1, 0.15) is 11.1 Å². The number of pyridine rings is 1. The number of aliphatic hydroxyl groups is 1. The van der Waals surface area contributed by atoms with Gasteiger partial charge in [-0.1, -0.05) is 6.07 Å². The molecule has 7 nitrogen and oxygen atoms in total. The van der Waals surface area contributed by atoms with Gasteiger partial charge in [-0.05, 0) is 41.5 Å². The summed E-state index contributed by atoms with van der Waals surface area (Å²) in [6.07, 6.45) is -1.93. The van der Waals surface area contributed by atoms with Gasteiger partial charge < -0.3 is 24.3 Å². The number of aromatic amines is 1. The lowest BCUT2D eigenvalue weighted by atomic mass is 10.0. The van der Waals surface area contributed by atoms with Gasteiger partial charge in [0.15, 0.2) is 29.0 Å². The van der Waals surface area contributed by atoms with Gasteiger partial charge in [-0.15, -0.1) is 0 Å². The number of aliphatic imine (C=N–C) groups is 1. The molecule has 0 radical (unpaired) electrons. The van der Waals surface area contributed by atoms with Crippen LogP contribution in [0.25, 0.3) is 22.2 Å². The monoisotopic (exact) mass is 565 g/mol. The number of fused-ring (bicyclic) bond motifs is 1. The highest BCUT2D eigenvalue weighted by molar-refractivity contribution is 5.98. The largest absolute Gasteiger partial charge is 0.496 e. The Morgan fingerprint density at radius 2 is 1.85 bits per heavy atom. The minimum Gasteiger partial charge on any atom is -0.496 e. The molecule has 1 unspecified atom stereocenters. The molecule has 210 valence electrons. The number of ether oxygens (including phenoxy) is 3. The molecule has 0 fully saturated rings. The molecule has 0 aliphatic carbocycles. The molecule has 40 heavy (non-hydrogen) atoms. The normalized spacial score (nSPS) is 17.4. The molecule has 13 heteroatoms. The van der Waals surface area contributed by atoms with E-state index in [1.165, 1.54) is 30.6 Å². The first-order chi connectivity index (χ1) is 19.0. The minimum atomic E-state index is -4.63. The third-order valence-electron chi connectivity index (χ3n) is 6.30. The van der Waals surface area contributed by atoms with Crippen molar-refractivity contribution in [1.82, 2.24) is 9.97 Å². The smallest absolute Gasteiger partial charge is 0.419 e. The average Bonchev–Trinajstić information content (AvgIpc) is 3.36. The maximum absolute atomic E-state index is 15.0. The topological polar surface area (TPSA) is 89.0 Å². The molecule has 0 saturated carbocycles. The van der Waals surface area contributed by atoms with Crippen LogP contribution in [0.2, 0.25) is 0 Å². The van der Waals surface area contributed by atoms with E-state index in [1.54, 1.807) is 0 Å². The van der Waals surface area contributed by atoms with Crippen molar-refractivity contribution in [2.24, 2.45) is 4.99 Å². The molecular formula is C27H21F6N3O4. The molecular weight excluding hydrogens is 544 g/mol. The van der Waals surface area contributed by atoms with Crippen LogP contribution in [0.4, 0.5) is 26.3 Å². The fourth-order valence-corrected chi connectivity index (χ4v) is 4.27. The Labute approximate surface area is 223 Å². The van der Waals surface area contributed by atoms with E-state index in [2.05, 4.69) is 15.0 Å². The number of aromatic nitrogens is 2. The number of halogens is 6. The Morgan fingerprint density at radius 1 is 1.10 bits per heavy atom. The molecule has 0 amide bonds. The summed E-state index contributed by atoms with van der Waals surface area (Å²) in [5.74, 6) is -3.15. The Balaban J connectivity index is 1.46. The lowest BCUT2D eigenvalue weighted by Gasteiger charge is -2.26. The zero-order chi connectivity index (χ0) is 28.7. The summed E-state index contributed by atoms with van der Waals surface area (Å²) in [6.45, 7) is -1.54. The number of nitrogens with zero attached hydrogens (tertiary/aromatic N) is 2. The Morgan fingerprint density at radius 3 is 2.48 bits per heavy atom. The van der Waals surface area contributed by atoms with Crippen LogP contribution in [-0.4, -0.2) is 53.5 Å². The number of hydrogen-bond acceptors (Lipinski definition) is 6. The molecule has 1 atom stereocenters. The first kappa shape index (κ1) is 27.3. The van der Waals surface area contributed by atoms with E-state index in [4.69, 9.17) is 19.3 Å². The third kappa shape index (κ3) is 5.28. The van der Waals surface area contributed by atoms with E-state index in [1.807, 2.05) is 0 Å². The zero-order valence-electron chi connectivity index (χ0n) is 20.8. The second kappa shape index (κ2) is 10.4. The maximum atomic E-state index is 15.0. The molecule has 3 heterocycles. The van der Waals surface area contributed by atoms with Crippen molar-refractivity contribution in [3.8, 4) is 28.4 Å². The first-order valence-electron chi connectivity index (χ1n) is 11.8. The highest BCUT2D eigenvalue weighted by atomic mass is 19.4. The van der Waals surface area contributed by atoms with Crippen molar-refractivity contribution >= 4 is 16.9 Å². The number of nitrogens with one attached hydrogen (secondary N) is 1. The third-order valence-corrected chi connectivity index (χ3v) is 6.30. The predicted molar refractivity (Wildman–Crippen MR) is 132 cm³/mol. The van der Waals surface area contributed by atoms with E-state index >= 15 is 8.78 Å². The maximum Gasteiger partial charge on any atom is 0.419 e. The standard InChI is InChI=1S/C27H21F6N3O4/c1-38-21-9-15(2-3-17(21)27(31,32)33)16-10-35-25-23(16)20(4-5-34-25)40-24-18(28)6-14(7-19(24)29)8-22-36-11-26(30,12-37)13-39-22/h2-7,9-10,37H,8,11-13H2,1H3,(H,34,35). The molecule has 1 aliphatic heterocycles. The van der Waals surface area contributed by atoms with E-state index < -0.39 is 53.8 Å². The highest BCUT2D eigenvalue weighted by Crippen LogP contribution is 2.42. The summed E-state index contributed by atoms with van der Waals surface area (Å²) in [6, 6.07) is 6.71. The Kier molecular flexibility index (Phi) is 7.08. The molecule has 0 saturated heterocycles. The molecule has 2 aromatic heterocycles. The molecule has 5 rings (SSSR count). The quantitative estimate of drug-likeness (QED) is 0.269. The molecule has 0 bridgehead atoms. The van der Waals surface area contributed by atoms with Gasteiger partial charge >= 0.3 is 6.18 Å². The second-order valence-electron chi connectivity index (χ2n) is 9.12. The summed E-state index contributed by atoms with van der Waals surface area (Å²) >= 11 is 0. The summed E-state index contributed by atoms with van der Waals surface area (Å²) in [5.41, 5.74) is -1.87. The summed E-state index contributed by atoms with van der Waals surface area (Å²) < 4.78 is 99.9. The van der Waals surface area contributed by atoms with Gasteiger partial charge in [0.1, 0.15) is 23.8 Å². The van der Waals surface area contributed by atoms with Crippen LogP contribution in [0, 0.1) is 11.6 Å². The molecule has 2 aromatic carbocycles. The van der Waals surface area contributed by atoms with Crippen molar-refractivity contribution < 1.29 is 45.7 Å². The first-order valence-corrected chi connectivity index (χ1v) is 11.8. The van der Waals surface area contributed by atoms with Crippen LogP contribution in [0.15, 0.2) is 53.8 Å². The second-order valence-corrected chi connectivity index (χ2v) is 9.12. The fourth-order valence-electron chi connectivity index (χ4n) is 4.27. The van der Waals surface area contributed by atoms with Crippen LogP contribution in [-0.2, 0) is 17.3 Å². The lowest BCUT2D eigenvalue weighted by molar-refractivity contribution is -0.138. The molecule has 2 N–H and O–H groups in total. The highest BCUT2D eigenvalue weighted by Gasteiger charge is 2.35. The van der Waals surface area contributed by atoms with Crippen LogP contribution in [0.3, 0.4) is 0 Å². The van der Waals surface area contributed by atoms with Crippen molar-refractivity contribution in [3.63, 3.8) is 0 Å². The number of alkyl halides is 4. The number of aliphatic hydroxyl groups excluding tert-OH is 1. The fraction of sp³-hybridized carbons (Fsp3) is 0.259. The Bertz CT molecular complexity index is 1580. The average molecular weight is 565 g/mol. The van der Waals surface area contributed by atoms with Crippen LogP contribution >= 0.6 is 0 Å². The summed E-state index contributed by atoms with van der Waals surface area (Å²) in [5, 5.41) is 9.33. The van der Waals surface area contributed by atoms with Crippen molar-refractivity contribution in [2.45, 2.75) is 18.3 Å². The summed E-state index contributed by atoms with van der Waals surface area (Å²) in [7, 11) is 1.12. The van der Waals surface area contributed by atoms with Crippen molar-refractivity contribution in [3.05, 3.63) is 71.6 Å². The van der Waals surface area contributed by atoms with Gasteiger partial charge in [-0.25, -0.2) is 18.2 Å². The number of methoxy groups -OCH3 is 1. The lowest BCUT2D eigenvalue weighted by Crippen LogP contribution is -2.42.